The lowest BCUT2D eigenvalue weighted by atomic mass is 10.0. The summed E-state index contributed by atoms with van der Waals surface area (Å²) in [4.78, 5) is 4.13. The SMILES string of the molecule is NNC(Cc1cccnc1)c1ccc(OC2CC2)cc1. The molecule has 2 aromatic rings. The molecule has 1 aromatic carbocycles. The van der Waals surface area contributed by atoms with Crippen LogP contribution in [0.2, 0.25) is 0 Å². The van der Waals surface area contributed by atoms with Gasteiger partial charge in [0.2, 0.25) is 0 Å². The molecular weight excluding hydrogens is 250 g/mol. The van der Waals surface area contributed by atoms with Crippen molar-refractivity contribution in [2.45, 2.75) is 31.4 Å². The zero-order chi connectivity index (χ0) is 13.8. The number of pyridine rings is 1. The summed E-state index contributed by atoms with van der Waals surface area (Å²) in [7, 11) is 0. The zero-order valence-corrected chi connectivity index (χ0v) is 11.3. The summed E-state index contributed by atoms with van der Waals surface area (Å²) in [6.45, 7) is 0. The third-order valence-corrected chi connectivity index (χ3v) is 3.47. The minimum Gasteiger partial charge on any atom is -0.490 e. The summed E-state index contributed by atoms with van der Waals surface area (Å²) in [5.41, 5.74) is 5.18. The first-order chi connectivity index (χ1) is 9.85. The molecular formula is C16H19N3O. The lowest BCUT2D eigenvalue weighted by molar-refractivity contribution is 0.303. The Morgan fingerprint density at radius 1 is 1.25 bits per heavy atom. The third-order valence-electron chi connectivity index (χ3n) is 3.47. The highest BCUT2D eigenvalue weighted by Gasteiger charge is 2.23. The average Bonchev–Trinajstić information content (AvgIpc) is 3.31. The molecule has 0 saturated heterocycles. The topological polar surface area (TPSA) is 60.2 Å². The van der Waals surface area contributed by atoms with Gasteiger partial charge >= 0.3 is 0 Å². The molecule has 1 heterocycles. The van der Waals surface area contributed by atoms with Crippen molar-refractivity contribution in [1.82, 2.24) is 10.4 Å². The quantitative estimate of drug-likeness (QED) is 0.624. The lowest BCUT2D eigenvalue weighted by Crippen LogP contribution is -2.29. The largest absolute Gasteiger partial charge is 0.490 e. The van der Waals surface area contributed by atoms with Crippen LogP contribution in [-0.4, -0.2) is 11.1 Å². The van der Waals surface area contributed by atoms with Crippen LogP contribution in [0.4, 0.5) is 0 Å². The first-order valence-electron chi connectivity index (χ1n) is 6.97. The second kappa shape index (κ2) is 6.03. The molecule has 3 N–H and O–H groups in total. The molecule has 4 heteroatoms. The van der Waals surface area contributed by atoms with Gasteiger partial charge in [0.25, 0.3) is 0 Å². The molecule has 1 aromatic heterocycles. The Bertz CT molecular complexity index is 537. The molecule has 1 saturated carbocycles. The van der Waals surface area contributed by atoms with Crippen LogP contribution in [0.25, 0.3) is 0 Å². The second-order valence-electron chi connectivity index (χ2n) is 5.17. The molecule has 0 bridgehead atoms. The van der Waals surface area contributed by atoms with Crippen molar-refractivity contribution in [2.24, 2.45) is 5.84 Å². The van der Waals surface area contributed by atoms with Crippen LogP contribution in [0.1, 0.15) is 30.0 Å². The first kappa shape index (κ1) is 13.1. The van der Waals surface area contributed by atoms with E-state index in [2.05, 4.69) is 28.6 Å². The average molecular weight is 269 g/mol. The number of nitrogens with one attached hydrogen (secondary N) is 1. The van der Waals surface area contributed by atoms with E-state index < -0.39 is 0 Å². The van der Waals surface area contributed by atoms with E-state index in [-0.39, 0.29) is 6.04 Å². The molecule has 1 fully saturated rings. The van der Waals surface area contributed by atoms with E-state index in [9.17, 15) is 0 Å². The number of aromatic nitrogens is 1. The van der Waals surface area contributed by atoms with Gasteiger partial charge in [-0.15, -0.1) is 0 Å². The monoisotopic (exact) mass is 269 g/mol. The molecule has 0 aliphatic heterocycles. The highest BCUT2D eigenvalue weighted by molar-refractivity contribution is 5.30. The number of nitrogens with zero attached hydrogens (tertiary/aromatic N) is 1. The van der Waals surface area contributed by atoms with Crippen molar-refractivity contribution in [3.8, 4) is 5.75 Å². The van der Waals surface area contributed by atoms with Gasteiger partial charge in [-0.3, -0.25) is 16.3 Å². The number of hydrogen-bond donors (Lipinski definition) is 2. The van der Waals surface area contributed by atoms with E-state index in [1.807, 2.05) is 24.4 Å². The van der Waals surface area contributed by atoms with E-state index in [1.165, 1.54) is 12.8 Å². The van der Waals surface area contributed by atoms with Gasteiger partial charge in [-0.05, 0) is 48.6 Å². The zero-order valence-electron chi connectivity index (χ0n) is 11.3. The number of ether oxygens (including phenoxy) is 1. The Balaban J connectivity index is 1.68. The highest BCUT2D eigenvalue weighted by atomic mass is 16.5. The molecule has 1 unspecified atom stereocenters. The summed E-state index contributed by atoms with van der Waals surface area (Å²) in [6.07, 6.45) is 7.24. The third kappa shape index (κ3) is 3.35. The molecule has 1 aliphatic carbocycles. The smallest absolute Gasteiger partial charge is 0.119 e. The van der Waals surface area contributed by atoms with E-state index >= 15 is 0 Å². The minimum atomic E-state index is 0.0779. The molecule has 104 valence electrons. The Morgan fingerprint density at radius 3 is 2.65 bits per heavy atom. The highest BCUT2D eigenvalue weighted by Crippen LogP contribution is 2.27. The van der Waals surface area contributed by atoms with E-state index in [4.69, 9.17) is 10.6 Å². The van der Waals surface area contributed by atoms with Crippen molar-refractivity contribution in [2.75, 3.05) is 0 Å². The summed E-state index contributed by atoms with van der Waals surface area (Å²) in [5.74, 6) is 6.62. The van der Waals surface area contributed by atoms with Crippen LogP contribution in [0.3, 0.4) is 0 Å². The van der Waals surface area contributed by atoms with Gasteiger partial charge in [-0.2, -0.15) is 0 Å². The number of benzene rings is 1. The van der Waals surface area contributed by atoms with Crippen LogP contribution in [0, 0.1) is 0 Å². The Kier molecular flexibility index (Phi) is 3.95. The molecule has 0 amide bonds. The van der Waals surface area contributed by atoms with Gasteiger partial charge in [0, 0.05) is 12.4 Å². The molecule has 4 nitrogen and oxygen atoms in total. The van der Waals surface area contributed by atoms with Gasteiger partial charge in [0.15, 0.2) is 0 Å². The number of nitrogens with two attached hydrogens (primary N) is 1. The second-order valence-corrected chi connectivity index (χ2v) is 5.17. The van der Waals surface area contributed by atoms with Crippen molar-refractivity contribution in [3.63, 3.8) is 0 Å². The van der Waals surface area contributed by atoms with Crippen LogP contribution in [0.15, 0.2) is 48.8 Å². The Morgan fingerprint density at radius 2 is 2.05 bits per heavy atom. The van der Waals surface area contributed by atoms with Crippen molar-refractivity contribution >= 4 is 0 Å². The Labute approximate surface area is 119 Å². The summed E-state index contributed by atoms with van der Waals surface area (Å²) in [6, 6.07) is 12.2. The standard InChI is InChI=1S/C16H19N3O/c17-19-16(10-12-2-1-9-18-11-12)13-3-5-14(6-4-13)20-15-7-8-15/h1-6,9,11,15-16,19H,7-8,10,17H2. The van der Waals surface area contributed by atoms with Crippen molar-refractivity contribution < 1.29 is 4.74 Å². The number of rotatable bonds is 6. The normalized spacial score (nSPS) is 15.8. The fraction of sp³-hybridized carbons (Fsp3) is 0.312. The fourth-order valence-electron chi connectivity index (χ4n) is 2.18. The van der Waals surface area contributed by atoms with Crippen LogP contribution in [0.5, 0.6) is 5.75 Å². The van der Waals surface area contributed by atoms with E-state index in [0.717, 1.165) is 23.3 Å². The molecule has 0 radical (unpaired) electrons. The van der Waals surface area contributed by atoms with Crippen molar-refractivity contribution in [3.05, 3.63) is 59.9 Å². The minimum absolute atomic E-state index is 0.0779. The molecule has 0 spiro atoms. The van der Waals surface area contributed by atoms with Crippen LogP contribution >= 0.6 is 0 Å². The maximum absolute atomic E-state index is 5.75. The van der Waals surface area contributed by atoms with Gasteiger partial charge < -0.3 is 4.74 Å². The van der Waals surface area contributed by atoms with Crippen molar-refractivity contribution in [1.29, 1.82) is 0 Å². The molecule has 20 heavy (non-hydrogen) atoms. The maximum atomic E-state index is 5.75. The van der Waals surface area contributed by atoms with Crippen LogP contribution in [-0.2, 0) is 6.42 Å². The first-order valence-corrected chi connectivity index (χ1v) is 6.97. The van der Waals surface area contributed by atoms with Gasteiger partial charge in [0.1, 0.15) is 5.75 Å². The van der Waals surface area contributed by atoms with E-state index in [1.54, 1.807) is 6.20 Å². The van der Waals surface area contributed by atoms with Crippen LogP contribution < -0.4 is 16.0 Å². The maximum Gasteiger partial charge on any atom is 0.119 e. The number of hydrogen-bond acceptors (Lipinski definition) is 4. The molecule has 1 atom stereocenters. The summed E-state index contributed by atoms with van der Waals surface area (Å²) < 4.78 is 5.75. The Hall–Kier alpha value is -1.91. The van der Waals surface area contributed by atoms with Gasteiger partial charge in [0.05, 0.1) is 12.1 Å². The predicted octanol–water partition coefficient (Wildman–Crippen LogP) is 2.37. The lowest BCUT2D eigenvalue weighted by Gasteiger charge is -2.16. The van der Waals surface area contributed by atoms with Gasteiger partial charge in [-0.1, -0.05) is 18.2 Å². The molecule has 3 rings (SSSR count). The summed E-state index contributed by atoms with van der Waals surface area (Å²) in [5, 5.41) is 0. The predicted molar refractivity (Wildman–Crippen MR) is 78.1 cm³/mol. The van der Waals surface area contributed by atoms with Gasteiger partial charge in [-0.25, -0.2) is 0 Å². The fourth-order valence-corrected chi connectivity index (χ4v) is 2.18. The molecule has 1 aliphatic rings. The summed E-state index contributed by atoms with van der Waals surface area (Å²) >= 11 is 0. The van der Waals surface area contributed by atoms with E-state index in [0.29, 0.717) is 6.10 Å². The number of hydrazine groups is 1.